The van der Waals surface area contributed by atoms with Crippen LogP contribution in [-0.2, 0) is 6.61 Å². The van der Waals surface area contributed by atoms with E-state index < -0.39 is 0 Å². The van der Waals surface area contributed by atoms with Crippen molar-refractivity contribution in [3.63, 3.8) is 0 Å². The molecule has 5 nitrogen and oxygen atoms in total. The van der Waals surface area contributed by atoms with Gasteiger partial charge in [0, 0.05) is 38.9 Å². The van der Waals surface area contributed by atoms with E-state index in [4.69, 9.17) is 4.74 Å². The van der Waals surface area contributed by atoms with Gasteiger partial charge >= 0.3 is 0 Å². The Morgan fingerprint density at radius 2 is 1.79 bits per heavy atom. The first kappa shape index (κ1) is 22.8. The van der Waals surface area contributed by atoms with Crippen molar-refractivity contribution in [1.29, 1.82) is 0 Å². The Morgan fingerprint density at radius 3 is 2.42 bits per heavy atom. The number of anilines is 2. The number of amides is 1. The molecule has 1 atom stereocenters. The summed E-state index contributed by atoms with van der Waals surface area (Å²) in [6.45, 7) is 2.05. The maximum Gasteiger partial charge on any atom is 0.258 e. The molecule has 0 radical (unpaired) electrons. The number of halogens is 1. The third-order valence-corrected chi connectivity index (χ3v) is 6.21. The van der Waals surface area contributed by atoms with Crippen molar-refractivity contribution in [3.05, 3.63) is 89.7 Å². The van der Waals surface area contributed by atoms with Crippen molar-refractivity contribution in [1.82, 2.24) is 4.90 Å². The van der Waals surface area contributed by atoms with Gasteiger partial charge in [0.25, 0.3) is 5.91 Å². The SMILES string of the molecule is CN(C(=O)c1ccc(COc2ccccc2)cc1)c1ccc(N2CCC(N(C)C)C2)c(F)c1.[HH]. The van der Waals surface area contributed by atoms with Crippen LogP contribution in [0.3, 0.4) is 0 Å². The molecule has 1 unspecified atom stereocenters. The van der Waals surface area contributed by atoms with Crippen molar-refractivity contribution in [2.75, 3.05) is 44.0 Å². The molecule has 1 heterocycles. The topological polar surface area (TPSA) is 36.0 Å². The fraction of sp³-hybridized carbons (Fsp3) is 0.296. The first-order valence-corrected chi connectivity index (χ1v) is 11.2. The minimum Gasteiger partial charge on any atom is -0.489 e. The smallest absolute Gasteiger partial charge is 0.258 e. The van der Waals surface area contributed by atoms with Gasteiger partial charge in [-0.2, -0.15) is 0 Å². The molecule has 1 amide bonds. The van der Waals surface area contributed by atoms with Crippen molar-refractivity contribution >= 4 is 17.3 Å². The molecule has 0 aliphatic carbocycles. The largest absolute Gasteiger partial charge is 0.489 e. The van der Waals surface area contributed by atoms with Crippen molar-refractivity contribution in [3.8, 4) is 5.75 Å². The van der Waals surface area contributed by atoms with E-state index in [2.05, 4.69) is 23.9 Å². The van der Waals surface area contributed by atoms with Crippen molar-refractivity contribution < 1.29 is 15.3 Å². The first-order valence-electron chi connectivity index (χ1n) is 11.2. The molecule has 0 spiro atoms. The number of carbonyl (C=O) groups excluding carboxylic acids is 1. The number of hydrogen-bond acceptors (Lipinski definition) is 4. The number of nitrogens with zero attached hydrogens (tertiary/aromatic N) is 3. The van der Waals surface area contributed by atoms with Crippen LogP contribution in [0.1, 0.15) is 23.8 Å². The zero-order valence-corrected chi connectivity index (χ0v) is 19.4. The fourth-order valence-corrected chi connectivity index (χ4v) is 4.08. The Balaban J connectivity index is 0.00000324. The van der Waals surface area contributed by atoms with Crippen LogP contribution >= 0.6 is 0 Å². The molecule has 0 saturated carbocycles. The van der Waals surface area contributed by atoms with Crippen molar-refractivity contribution in [2.45, 2.75) is 19.1 Å². The lowest BCUT2D eigenvalue weighted by molar-refractivity contribution is 0.0993. The average molecular weight is 450 g/mol. The van der Waals surface area contributed by atoms with Crippen LogP contribution in [0, 0.1) is 5.82 Å². The molecule has 174 valence electrons. The average Bonchev–Trinajstić information content (AvgIpc) is 3.33. The van der Waals surface area contributed by atoms with Crippen LogP contribution in [0.2, 0.25) is 0 Å². The minimum absolute atomic E-state index is 0. The Hall–Kier alpha value is -3.38. The Labute approximate surface area is 196 Å². The van der Waals surface area contributed by atoms with E-state index in [-0.39, 0.29) is 13.2 Å². The maximum atomic E-state index is 14.9. The van der Waals surface area contributed by atoms with Gasteiger partial charge in [-0.1, -0.05) is 30.3 Å². The number of likely N-dealkylation sites (N-methyl/N-ethyl adjacent to an activating group) is 1. The van der Waals surface area contributed by atoms with Crippen molar-refractivity contribution in [2.24, 2.45) is 0 Å². The summed E-state index contributed by atoms with van der Waals surface area (Å²) >= 11 is 0. The summed E-state index contributed by atoms with van der Waals surface area (Å²) in [6.07, 6.45) is 1.01. The second-order valence-electron chi connectivity index (χ2n) is 8.65. The lowest BCUT2D eigenvalue weighted by atomic mass is 10.1. The highest BCUT2D eigenvalue weighted by atomic mass is 19.1. The number of carbonyl (C=O) groups is 1. The van der Waals surface area contributed by atoms with Crippen LogP contribution in [-0.4, -0.2) is 51.1 Å². The summed E-state index contributed by atoms with van der Waals surface area (Å²) in [4.78, 5) is 18.7. The predicted octanol–water partition coefficient (Wildman–Crippen LogP) is 5.07. The van der Waals surface area contributed by atoms with Crippen LogP contribution < -0.4 is 14.5 Å². The van der Waals surface area contributed by atoms with E-state index in [1.165, 1.54) is 11.0 Å². The van der Waals surface area contributed by atoms with Gasteiger partial charge in [0.1, 0.15) is 18.2 Å². The first-order chi connectivity index (χ1) is 15.9. The summed E-state index contributed by atoms with van der Waals surface area (Å²) in [5, 5.41) is 0. The van der Waals surface area contributed by atoms with Gasteiger partial charge in [0.05, 0.1) is 5.69 Å². The summed E-state index contributed by atoms with van der Waals surface area (Å²) in [5.41, 5.74) is 2.63. The normalized spacial score (nSPS) is 15.7. The third kappa shape index (κ3) is 5.34. The molecule has 3 aromatic rings. The van der Waals surface area contributed by atoms with Gasteiger partial charge < -0.3 is 19.4 Å². The molecule has 1 aliphatic rings. The molecule has 1 aliphatic heterocycles. The second-order valence-corrected chi connectivity index (χ2v) is 8.65. The second kappa shape index (κ2) is 10.0. The molecule has 1 saturated heterocycles. The van der Waals surface area contributed by atoms with E-state index in [1.54, 1.807) is 31.3 Å². The molecule has 4 rings (SSSR count). The minimum atomic E-state index is -0.306. The highest BCUT2D eigenvalue weighted by Gasteiger charge is 2.26. The Morgan fingerprint density at radius 1 is 1.06 bits per heavy atom. The number of ether oxygens (including phenoxy) is 1. The molecule has 1 fully saturated rings. The van der Waals surface area contributed by atoms with Crippen LogP contribution in [0.5, 0.6) is 5.75 Å². The number of hydrogen-bond donors (Lipinski definition) is 0. The number of benzene rings is 3. The Bertz CT molecular complexity index is 1090. The molecule has 6 heteroatoms. The third-order valence-electron chi connectivity index (χ3n) is 6.21. The standard InChI is InChI=1S/C27H30FN3O2.H2/c1-29(2)23-15-16-31(18-23)26-14-13-22(17-25(26)28)30(3)27(32)21-11-9-20(10-12-21)19-33-24-7-5-4-6-8-24;/h4-14,17,23H,15-16,18-19H2,1-3H3;1H. The van der Waals surface area contributed by atoms with E-state index in [0.717, 1.165) is 30.8 Å². The fourth-order valence-electron chi connectivity index (χ4n) is 4.08. The number of rotatable bonds is 7. The van der Waals surface area contributed by atoms with Crippen LogP contribution in [0.25, 0.3) is 0 Å². The predicted molar refractivity (Wildman–Crippen MR) is 133 cm³/mol. The summed E-state index contributed by atoms with van der Waals surface area (Å²) in [6, 6.07) is 22.4. The molecule has 0 bridgehead atoms. The molecule has 33 heavy (non-hydrogen) atoms. The molecular formula is C27H32FN3O2. The summed E-state index contributed by atoms with van der Waals surface area (Å²) < 4.78 is 20.7. The maximum absolute atomic E-state index is 14.9. The van der Waals surface area contributed by atoms with Gasteiger partial charge in [-0.3, -0.25) is 4.79 Å². The zero-order chi connectivity index (χ0) is 23.4. The van der Waals surface area contributed by atoms with Gasteiger partial charge in [0.2, 0.25) is 0 Å². The zero-order valence-electron chi connectivity index (χ0n) is 19.4. The van der Waals surface area contributed by atoms with E-state index in [1.807, 2.05) is 42.5 Å². The lowest BCUT2D eigenvalue weighted by Gasteiger charge is -2.24. The van der Waals surface area contributed by atoms with E-state index in [0.29, 0.717) is 29.6 Å². The van der Waals surface area contributed by atoms with Crippen LogP contribution in [0.4, 0.5) is 15.8 Å². The van der Waals surface area contributed by atoms with Gasteiger partial charge in [-0.25, -0.2) is 4.39 Å². The van der Waals surface area contributed by atoms with Gasteiger partial charge in [-0.15, -0.1) is 0 Å². The van der Waals surface area contributed by atoms with Crippen LogP contribution in [0.15, 0.2) is 72.8 Å². The van der Waals surface area contributed by atoms with E-state index in [9.17, 15) is 9.18 Å². The molecule has 0 aromatic heterocycles. The van der Waals surface area contributed by atoms with Gasteiger partial charge in [0.15, 0.2) is 0 Å². The monoisotopic (exact) mass is 449 g/mol. The lowest BCUT2D eigenvalue weighted by Crippen LogP contribution is -2.31. The summed E-state index contributed by atoms with van der Waals surface area (Å²) in [7, 11) is 5.77. The molecule has 0 N–H and O–H groups in total. The van der Waals surface area contributed by atoms with E-state index >= 15 is 0 Å². The molecular weight excluding hydrogens is 417 g/mol. The highest BCUT2D eigenvalue weighted by molar-refractivity contribution is 6.05. The molecule has 3 aromatic carbocycles. The summed E-state index contributed by atoms with van der Waals surface area (Å²) in [5.74, 6) is 0.306. The Kier molecular flexibility index (Phi) is 6.94. The quantitative estimate of drug-likeness (QED) is 0.505. The number of para-hydroxylation sites is 1. The van der Waals surface area contributed by atoms with Gasteiger partial charge in [-0.05, 0) is 68.5 Å². The highest BCUT2D eigenvalue weighted by Crippen LogP contribution is 2.29.